The maximum Gasteiger partial charge on any atom is 0.237 e. The fraction of sp³-hybridized carbons (Fsp3) is 0.421. The summed E-state index contributed by atoms with van der Waals surface area (Å²) >= 11 is 0. The topological polar surface area (TPSA) is 54.3 Å². The summed E-state index contributed by atoms with van der Waals surface area (Å²) in [7, 11) is 0. The quantitative estimate of drug-likeness (QED) is 0.861. The molecule has 2 N–H and O–H groups in total. The third kappa shape index (κ3) is 3.82. The van der Waals surface area contributed by atoms with Crippen LogP contribution in [0.15, 0.2) is 47.1 Å². The monoisotopic (exact) mass is 312 g/mol. The van der Waals surface area contributed by atoms with E-state index in [0.29, 0.717) is 18.5 Å². The highest BCUT2D eigenvalue weighted by molar-refractivity contribution is 5.81. The zero-order valence-corrected chi connectivity index (χ0v) is 13.7. The lowest BCUT2D eigenvalue weighted by atomic mass is 9.74. The van der Waals surface area contributed by atoms with Gasteiger partial charge in [0, 0.05) is 6.04 Å². The van der Waals surface area contributed by atoms with Crippen molar-refractivity contribution in [2.45, 2.75) is 51.2 Å². The van der Waals surface area contributed by atoms with Crippen LogP contribution in [0.25, 0.3) is 0 Å². The SMILES string of the molecule is Cc1ccccc1C1CC(NC(C)C(=O)NCc2ccco2)C1. The Bertz CT molecular complexity index is 645. The first kappa shape index (κ1) is 15.8. The normalized spacial score (nSPS) is 21.5. The summed E-state index contributed by atoms with van der Waals surface area (Å²) in [6.45, 7) is 4.52. The molecule has 1 fully saturated rings. The van der Waals surface area contributed by atoms with Crippen LogP contribution in [0.2, 0.25) is 0 Å². The average molecular weight is 312 g/mol. The van der Waals surface area contributed by atoms with Gasteiger partial charge in [-0.3, -0.25) is 4.79 Å². The number of carbonyl (C=O) groups excluding carboxylic acids is 1. The molecule has 1 aliphatic carbocycles. The van der Waals surface area contributed by atoms with Crippen molar-refractivity contribution in [3.8, 4) is 0 Å². The van der Waals surface area contributed by atoms with Crippen LogP contribution < -0.4 is 10.6 Å². The first-order valence-electron chi connectivity index (χ1n) is 8.25. The van der Waals surface area contributed by atoms with Gasteiger partial charge in [-0.05, 0) is 55.9 Å². The van der Waals surface area contributed by atoms with E-state index >= 15 is 0 Å². The van der Waals surface area contributed by atoms with E-state index in [0.717, 1.165) is 18.6 Å². The molecule has 0 bridgehead atoms. The molecule has 1 heterocycles. The van der Waals surface area contributed by atoms with Crippen molar-refractivity contribution in [2.75, 3.05) is 0 Å². The third-order valence-corrected chi connectivity index (χ3v) is 4.66. The number of aryl methyl sites for hydroxylation is 1. The van der Waals surface area contributed by atoms with E-state index in [1.807, 2.05) is 19.1 Å². The number of rotatable bonds is 6. The van der Waals surface area contributed by atoms with E-state index in [1.165, 1.54) is 11.1 Å². The second kappa shape index (κ2) is 7.01. The Morgan fingerprint density at radius 2 is 2.04 bits per heavy atom. The van der Waals surface area contributed by atoms with Crippen LogP contribution in [0.3, 0.4) is 0 Å². The highest BCUT2D eigenvalue weighted by Gasteiger charge is 2.32. The first-order valence-corrected chi connectivity index (χ1v) is 8.25. The van der Waals surface area contributed by atoms with Crippen molar-refractivity contribution >= 4 is 5.91 Å². The van der Waals surface area contributed by atoms with Crippen LogP contribution in [0.5, 0.6) is 0 Å². The fourth-order valence-corrected chi connectivity index (χ4v) is 3.22. The molecule has 2 aromatic rings. The second-order valence-electron chi connectivity index (χ2n) is 6.41. The van der Waals surface area contributed by atoms with Gasteiger partial charge in [0.05, 0.1) is 18.8 Å². The molecule has 1 amide bonds. The highest BCUT2D eigenvalue weighted by Crippen LogP contribution is 2.38. The number of carbonyl (C=O) groups is 1. The average Bonchev–Trinajstić information content (AvgIpc) is 3.02. The van der Waals surface area contributed by atoms with Crippen LogP contribution >= 0.6 is 0 Å². The van der Waals surface area contributed by atoms with Crippen molar-refractivity contribution in [2.24, 2.45) is 0 Å². The molecule has 1 aliphatic rings. The van der Waals surface area contributed by atoms with Crippen LogP contribution in [-0.4, -0.2) is 18.0 Å². The number of amides is 1. The van der Waals surface area contributed by atoms with Gasteiger partial charge in [-0.15, -0.1) is 0 Å². The molecule has 4 heteroatoms. The van der Waals surface area contributed by atoms with E-state index in [9.17, 15) is 4.79 Å². The van der Waals surface area contributed by atoms with Gasteiger partial charge in [-0.2, -0.15) is 0 Å². The minimum Gasteiger partial charge on any atom is -0.467 e. The van der Waals surface area contributed by atoms with E-state index in [1.54, 1.807) is 6.26 Å². The molecular formula is C19H24N2O2. The zero-order valence-electron chi connectivity index (χ0n) is 13.7. The summed E-state index contributed by atoms with van der Waals surface area (Å²) in [5.74, 6) is 1.40. The van der Waals surface area contributed by atoms with Gasteiger partial charge < -0.3 is 15.1 Å². The first-order chi connectivity index (χ1) is 11.1. The fourth-order valence-electron chi connectivity index (χ4n) is 3.22. The highest BCUT2D eigenvalue weighted by atomic mass is 16.3. The molecular weight excluding hydrogens is 288 g/mol. The Hall–Kier alpha value is -2.07. The summed E-state index contributed by atoms with van der Waals surface area (Å²) in [5, 5.41) is 6.32. The molecule has 0 radical (unpaired) electrons. The van der Waals surface area contributed by atoms with Crippen molar-refractivity contribution in [3.05, 3.63) is 59.5 Å². The molecule has 122 valence electrons. The van der Waals surface area contributed by atoms with E-state index in [4.69, 9.17) is 4.42 Å². The van der Waals surface area contributed by atoms with E-state index < -0.39 is 0 Å². The number of hydrogen-bond donors (Lipinski definition) is 2. The van der Waals surface area contributed by atoms with Crippen molar-refractivity contribution < 1.29 is 9.21 Å². The summed E-state index contributed by atoms with van der Waals surface area (Å²) in [5.41, 5.74) is 2.81. The molecule has 0 spiro atoms. The molecule has 1 aromatic carbocycles. The van der Waals surface area contributed by atoms with Gasteiger partial charge in [0.15, 0.2) is 0 Å². The lowest BCUT2D eigenvalue weighted by Gasteiger charge is -2.38. The summed E-state index contributed by atoms with van der Waals surface area (Å²) in [6, 6.07) is 12.5. The van der Waals surface area contributed by atoms with Gasteiger partial charge in [0.1, 0.15) is 5.76 Å². The van der Waals surface area contributed by atoms with Gasteiger partial charge in [-0.25, -0.2) is 0 Å². The standard InChI is InChI=1S/C19H24N2O2/c1-13-6-3-4-8-18(13)15-10-16(11-15)21-14(2)19(22)20-12-17-7-5-9-23-17/h3-9,14-16,21H,10-12H2,1-2H3,(H,20,22). The second-order valence-corrected chi connectivity index (χ2v) is 6.41. The van der Waals surface area contributed by atoms with E-state index in [2.05, 4.69) is 41.8 Å². The van der Waals surface area contributed by atoms with Crippen LogP contribution in [0.4, 0.5) is 0 Å². The Morgan fingerprint density at radius 3 is 2.74 bits per heavy atom. The molecule has 0 saturated heterocycles. The van der Waals surface area contributed by atoms with Crippen LogP contribution in [0.1, 0.15) is 42.6 Å². The van der Waals surface area contributed by atoms with Crippen molar-refractivity contribution in [1.82, 2.24) is 10.6 Å². The minimum atomic E-state index is -0.187. The molecule has 1 aromatic heterocycles. The molecule has 23 heavy (non-hydrogen) atoms. The predicted molar refractivity (Wildman–Crippen MR) is 90.1 cm³/mol. The summed E-state index contributed by atoms with van der Waals surface area (Å²) < 4.78 is 5.22. The van der Waals surface area contributed by atoms with Gasteiger partial charge >= 0.3 is 0 Å². The maximum absolute atomic E-state index is 12.1. The largest absolute Gasteiger partial charge is 0.467 e. The Labute approximate surface area is 137 Å². The molecule has 4 nitrogen and oxygen atoms in total. The van der Waals surface area contributed by atoms with E-state index in [-0.39, 0.29) is 11.9 Å². The molecule has 1 saturated carbocycles. The van der Waals surface area contributed by atoms with Gasteiger partial charge in [0.2, 0.25) is 5.91 Å². The Balaban J connectivity index is 1.42. The third-order valence-electron chi connectivity index (χ3n) is 4.66. The van der Waals surface area contributed by atoms with Crippen molar-refractivity contribution in [1.29, 1.82) is 0 Å². The molecule has 1 atom stereocenters. The van der Waals surface area contributed by atoms with Gasteiger partial charge in [0.25, 0.3) is 0 Å². The number of furan rings is 1. The van der Waals surface area contributed by atoms with Crippen LogP contribution in [-0.2, 0) is 11.3 Å². The smallest absolute Gasteiger partial charge is 0.237 e. The number of nitrogens with one attached hydrogen (secondary N) is 2. The Morgan fingerprint density at radius 1 is 1.26 bits per heavy atom. The zero-order chi connectivity index (χ0) is 16.2. The van der Waals surface area contributed by atoms with Crippen molar-refractivity contribution in [3.63, 3.8) is 0 Å². The van der Waals surface area contributed by atoms with Crippen LogP contribution in [0, 0.1) is 6.92 Å². The lowest BCUT2D eigenvalue weighted by Crippen LogP contribution is -2.50. The summed E-state index contributed by atoms with van der Waals surface area (Å²) in [6.07, 6.45) is 3.81. The number of hydrogen-bond acceptors (Lipinski definition) is 3. The molecule has 0 aliphatic heterocycles. The molecule has 1 unspecified atom stereocenters. The predicted octanol–water partition coefficient (Wildman–Crippen LogP) is 3.13. The molecule has 3 rings (SSSR count). The maximum atomic E-state index is 12.1. The summed E-state index contributed by atoms with van der Waals surface area (Å²) in [4.78, 5) is 12.1. The van der Waals surface area contributed by atoms with Gasteiger partial charge in [-0.1, -0.05) is 24.3 Å². The minimum absolute atomic E-state index is 0.0146. The Kier molecular flexibility index (Phi) is 4.82. The lowest BCUT2D eigenvalue weighted by molar-refractivity contribution is -0.123. The number of benzene rings is 1.